The summed E-state index contributed by atoms with van der Waals surface area (Å²) in [6.45, 7) is 5.62. The van der Waals surface area contributed by atoms with E-state index in [1.54, 1.807) is 50.2 Å². The molecule has 1 saturated heterocycles. The van der Waals surface area contributed by atoms with E-state index in [9.17, 15) is 18.9 Å². The van der Waals surface area contributed by atoms with Gasteiger partial charge in [0.2, 0.25) is 0 Å². The zero-order valence-corrected chi connectivity index (χ0v) is 25.1. The highest BCUT2D eigenvalue weighted by Crippen LogP contribution is 2.47. The van der Waals surface area contributed by atoms with Crippen molar-refractivity contribution in [2.24, 2.45) is 0 Å². The van der Waals surface area contributed by atoms with Gasteiger partial charge in [0.05, 0.1) is 18.8 Å². The Morgan fingerprint density at radius 2 is 1.90 bits per heavy atom. The first kappa shape index (κ1) is 31.7. The van der Waals surface area contributed by atoms with E-state index < -0.39 is 61.7 Å². The number of nitrogens with zero attached hydrogens (tertiary/aromatic N) is 1. The first-order valence-corrected chi connectivity index (χ1v) is 15.1. The van der Waals surface area contributed by atoms with E-state index in [0.29, 0.717) is 5.02 Å². The van der Waals surface area contributed by atoms with E-state index in [0.717, 1.165) is 28.0 Å². The average molecular weight is 624 g/mol. The Kier molecular flexibility index (Phi) is 9.74. The van der Waals surface area contributed by atoms with Crippen LogP contribution in [0.1, 0.15) is 40.3 Å². The third-order valence-corrected chi connectivity index (χ3v) is 8.17. The maximum atomic E-state index is 15.5. The van der Waals surface area contributed by atoms with Gasteiger partial charge in [-0.1, -0.05) is 35.9 Å². The van der Waals surface area contributed by atoms with Crippen molar-refractivity contribution < 1.29 is 32.3 Å². The van der Waals surface area contributed by atoms with Crippen molar-refractivity contribution in [3.63, 3.8) is 0 Å². The first-order valence-electron chi connectivity index (χ1n) is 13.2. The van der Waals surface area contributed by atoms with Crippen molar-refractivity contribution >= 4 is 25.3 Å². The van der Waals surface area contributed by atoms with Crippen LogP contribution >= 0.6 is 19.3 Å². The van der Waals surface area contributed by atoms with E-state index >= 15 is 4.39 Å². The first-order chi connectivity index (χ1) is 19.7. The number of carbonyl (C=O) groups excluding carboxylic acids is 1. The predicted molar refractivity (Wildman–Crippen MR) is 154 cm³/mol. The lowest BCUT2D eigenvalue weighted by atomic mass is 10.0. The standard InChI is InChI=1S/C28H32ClFN3O8P/c1-17(2)39-25(35)18(3)32-42(37,41-22-10-8-19(9-11-22)20-6-5-7-21(29)14-20)38-16-23-15-28(4,30)26(40-23)33-13-12-24(34)31-27(33)36/h5-14,17-18,23,26H,15-16H2,1-4H3,(H,32,37)(H,31,34,36)/t18-,23-,26+,28+,42?/m0/s1. The second kappa shape index (κ2) is 12.9. The van der Waals surface area contributed by atoms with Gasteiger partial charge in [-0.2, -0.15) is 5.09 Å². The van der Waals surface area contributed by atoms with Gasteiger partial charge in [0.15, 0.2) is 11.9 Å². The lowest BCUT2D eigenvalue weighted by molar-refractivity contribution is -0.149. The van der Waals surface area contributed by atoms with Crippen LogP contribution in [0, 0.1) is 0 Å². The van der Waals surface area contributed by atoms with Gasteiger partial charge in [0.1, 0.15) is 11.8 Å². The van der Waals surface area contributed by atoms with Gasteiger partial charge in [0, 0.05) is 23.7 Å². The number of halogens is 2. The summed E-state index contributed by atoms with van der Waals surface area (Å²) in [5.74, 6) is -0.513. The van der Waals surface area contributed by atoms with Gasteiger partial charge in [-0.3, -0.25) is 23.7 Å². The predicted octanol–water partition coefficient (Wildman–Crippen LogP) is 5.01. The Labute approximate surface area is 246 Å². The molecule has 0 aliphatic carbocycles. The fourth-order valence-electron chi connectivity index (χ4n) is 4.39. The molecule has 42 heavy (non-hydrogen) atoms. The molecule has 5 atom stereocenters. The Morgan fingerprint density at radius 1 is 1.19 bits per heavy atom. The molecule has 2 N–H and O–H groups in total. The highest BCUT2D eigenvalue weighted by atomic mass is 35.5. The number of nitrogens with one attached hydrogen (secondary N) is 2. The number of rotatable bonds is 11. The molecule has 11 nitrogen and oxygen atoms in total. The minimum Gasteiger partial charge on any atom is -0.462 e. The number of carbonyl (C=O) groups is 1. The number of H-pyrrole nitrogens is 1. The number of hydrogen-bond acceptors (Lipinski definition) is 8. The molecule has 1 aromatic heterocycles. The molecule has 1 aliphatic rings. The smallest absolute Gasteiger partial charge is 0.459 e. The summed E-state index contributed by atoms with van der Waals surface area (Å²) in [6, 6.07) is 13.9. The van der Waals surface area contributed by atoms with Crippen LogP contribution in [0.2, 0.25) is 5.02 Å². The topological polar surface area (TPSA) is 138 Å². The van der Waals surface area contributed by atoms with Crippen LogP contribution in [0.25, 0.3) is 11.1 Å². The van der Waals surface area contributed by atoms with Crippen molar-refractivity contribution in [3.05, 3.63) is 86.7 Å². The van der Waals surface area contributed by atoms with E-state index in [1.807, 2.05) is 12.1 Å². The zero-order valence-electron chi connectivity index (χ0n) is 23.4. The van der Waals surface area contributed by atoms with Crippen molar-refractivity contribution in [1.29, 1.82) is 0 Å². The monoisotopic (exact) mass is 623 g/mol. The molecule has 1 fully saturated rings. The maximum absolute atomic E-state index is 15.5. The molecule has 0 saturated carbocycles. The summed E-state index contributed by atoms with van der Waals surface area (Å²) < 4.78 is 52.7. The molecular weight excluding hydrogens is 592 g/mol. The van der Waals surface area contributed by atoms with Crippen molar-refractivity contribution in [3.8, 4) is 16.9 Å². The maximum Gasteiger partial charge on any atom is 0.459 e. The highest BCUT2D eigenvalue weighted by Gasteiger charge is 2.48. The number of hydrogen-bond donors (Lipinski definition) is 2. The largest absolute Gasteiger partial charge is 0.462 e. The van der Waals surface area contributed by atoms with Crippen LogP contribution < -0.4 is 20.9 Å². The van der Waals surface area contributed by atoms with Crippen LogP contribution in [0.5, 0.6) is 5.75 Å². The molecule has 2 heterocycles. The molecule has 1 aliphatic heterocycles. The highest BCUT2D eigenvalue weighted by molar-refractivity contribution is 7.52. The van der Waals surface area contributed by atoms with Crippen molar-refractivity contribution in [2.45, 2.75) is 64.3 Å². The number of ether oxygens (including phenoxy) is 2. The van der Waals surface area contributed by atoms with E-state index in [1.165, 1.54) is 13.8 Å². The van der Waals surface area contributed by atoms with E-state index in [2.05, 4.69) is 10.1 Å². The van der Waals surface area contributed by atoms with E-state index in [-0.39, 0.29) is 12.2 Å². The second-order valence-electron chi connectivity index (χ2n) is 10.4. The number of alkyl halides is 1. The van der Waals surface area contributed by atoms with Gasteiger partial charge >= 0.3 is 19.4 Å². The summed E-state index contributed by atoms with van der Waals surface area (Å²) in [5, 5.41) is 3.15. The van der Waals surface area contributed by atoms with Gasteiger partial charge in [0.25, 0.3) is 5.56 Å². The summed E-state index contributed by atoms with van der Waals surface area (Å²) in [7, 11) is -4.28. The summed E-state index contributed by atoms with van der Waals surface area (Å²) in [6.07, 6.45) is -1.82. The normalized spacial score (nSPS) is 22.5. The lowest BCUT2D eigenvalue weighted by Crippen LogP contribution is -2.38. The summed E-state index contributed by atoms with van der Waals surface area (Å²) in [5.41, 5.74) is -1.82. The molecule has 226 valence electrons. The van der Waals surface area contributed by atoms with Crippen LogP contribution in [-0.2, 0) is 23.4 Å². The fourth-order valence-corrected chi connectivity index (χ4v) is 6.11. The quantitative estimate of drug-likeness (QED) is 0.223. The van der Waals surface area contributed by atoms with E-state index in [4.69, 9.17) is 30.1 Å². The van der Waals surface area contributed by atoms with Crippen LogP contribution in [0.15, 0.2) is 70.4 Å². The Hall–Kier alpha value is -3.28. The van der Waals surface area contributed by atoms with Crippen LogP contribution in [0.4, 0.5) is 4.39 Å². The Bertz CT molecular complexity index is 1580. The molecule has 14 heteroatoms. The summed E-state index contributed by atoms with van der Waals surface area (Å²) in [4.78, 5) is 38.2. The molecule has 1 unspecified atom stereocenters. The van der Waals surface area contributed by atoms with Gasteiger partial charge in [-0.05, 0) is 63.1 Å². The third-order valence-electron chi connectivity index (χ3n) is 6.29. The minimum absolute atomic E-state index is 0.168. The number of aromatic amines is 1. The van der Waals surface area contributed by atoms with Crippen LogP contribution in [0.3, 0.4) is 0 Å². The average Bonchev–Trinajstić information content (AvgIpc) is 3.21. The Morgan fingerprint density at radius 3 is 2.55 bits per heavy atom. The molecule has 2 aromatic carbocycles. The van der Waals surface area contributed by atoms with Gasteiger partial charge < -0.3 is 14.0 Å². The van der Waals surface area contributed by atoms with Crippen molar-refractivity contribution in [2.75, 3.05) is 6.61 Å². The minimum atomic E-state index is -4.28. The second-order valence-corrected chi connectivity index (χ2v) is 12.5. The third kappa shape index (κ3) is 7.96. The molecule has 4 rings (SSSR count). The number of esters is 1. The molecule has 0 radical (unpaired) electrons. The molecule has 0 spiro atoms. The summed E-state index contributed by atoms with van der Waals surface area (Å²) >= 11 is 6.09. The zero-order chi connectivity index (χ0) is 30.7. The van der Waals surface area contributed by atoms with Gasteiger partial charge in [-0.15, -0.1) is 0 Å². The molecule has 0 bridgehead atoms. The molecular formula is C28H32ClFN3O8P. The molecule has 3 aromatic rings. The fraction of sp³-hybridized carbons (Fsp3) is 0.393. The number of aromatic nitrogens is 2. The molecule has 0 amide bonds. The Balaban J connectivity index is 1.52. The van der Waals surface area contributed by atoms with Crippen molar-refractivity contribution in [1.82, 2.24) is 14.6 Å². The number of benzene rings is 2. The lowest BCUT2D eigenvalue weighted by Gasteiger charge is -2.24. The van der Waals surface area contributed by atoms with Crippen LogP contribution in [-0.4, -0.2) is 46.0 Å². The van der Waals surface area contributed by atoms with Gasteiger partial charge in [-0.25, -0.2) is 13.8 Å². The SMILES string of the molecule is CC(C)OC(=O)[C@H](C)NP(=O)(OC[C@@H]1C[C@@](C)(F)[C@H](n2ccc(=O)[nH]c2=O)O1)Oc1ccc(-c2cccc(Cl)c2)cc1.